The summed E-state index contributed by atoms with van der Waals surface area (Å²) in [7, 11) is 0. The monoisotopic (exact) mass is 202 g/mol. The van der Waals surface area contributed by atoms with Gasteiger partial charge in [0.2, 0.25) is 5.62 Å². The van der Waals surface area contributed by atoms with Gasteiger partial charge < -0.3 is 5.32 Å². The number of hydrogen-bond acceptors (Lipinski definition) is 4. The van der Waals surface area contributed by atoms with E-state index in [9.17, 15) is 0 Å². The second-order valence-corrected chi connectivity index (χ2v) is 3.44. The average Bonchev–Trinajstić information content (AvgIpc) is 2.52. The maximum Gasteiger partial charge on any atom is 0.201 e. The van der Waals surface area contributed by atoms with Gasteiger partial charge in [0.25, 0.3) is 0 Å². The molecular weight excluding hydrogens is 196 g/mol. The number of thioether (sulfide) groups is 1. The fourth-order valence-corrected chi connectivity index (χ4v) is 1.71. The Bertz CT molecular complexity index is 321. The molecule has 0 amide bonds. The summed E-state index contributed by atoms with van der Waals surface area (Å²) in [5, 5.41) is 7.82. The van der Waals surface area contributed by atoms with Crippen molar-refractivity contribution in [1.29, 1.82) is 0 Å². The number of amidine groups is 1. The number of fused-ring (bicyclic) bond motifs is 1. The van der Waals surface area contributed by atoms with E-state index >= 15 is 0 Å². The quantitative estimate of drug-likeness (QED) is 0.513. The summed E-state index contributed by atoms with van der Waals surface area (Å²) in [5.41, 5.74) is -0.324. The molecule has 1 unspecified atom stereocenters. The molecule has 0 radical (unpaired) electrons. The zero-order chi connectivity index (χ0) is 8.55. The number of aromatic nitrogens is 2. The maximum absolute atomic E-state index is 5.96. The van der Waals surface area contributed by atoms with Gasteiger partial charge in [-0.05, 0) is 6.26 Å². The lowest BCUT2D eigenvalue weighted by atomic mass is 10.6. The van der Waals surface area contributed by atoms with Crippen molar-refractivity contribution in [2.45, 2.75) is 5.62 Å². The normalized spacial score (nSPS) is 21.2. The molecule has 1 aromatic rings. The average molecular weight is 203 g/mol. The molecule has 0 aromatic carbocycles. The molecule has 0 saturated carbocycles. The fourth-order valence-electron chi connectivity index (χ4n) is 0.974. The highest BCUT2D eigenvalue weighted by atomic mass is 35.5. The first-order valence-electron chi connectivity index (χ1n) is 3.38. The van der Waals surface area contributed by atoms with Crippen molar-refractivity contribution in [3.8, 4) is 0 Å². The largest absolute Gasteiger partial charge is 0.330 e. The van der Waals surface area contributed by atoms with E-state index in [1.54, 1.807) is 10.9 Å². The molecule has 1 aliphatic heterocycles. The zero-order valence-electron chi connectivity index (χ0n) is 6.36. The van der Waals surface area contributed by atoms with E-state index in [0.29, 0.717) is 0 Å². The van der Waals surface area contributed by atoms with Crippen LogP contribution in [-0.4, -0.2) is 21.2 Å². The number of aliphatic imine (C=N–C) groups is 1. The van der Waals surface area contributed by atoms with Crippen molar-refractivity contribution in [2.75, 3.05) is 6.26 Å². The Morgan fingerprint density at radius 2 is 2.58 bits per heavy atom. The van der Waals surface area contributed by atoms with Gasteiger partial charge in [0.1, 0.15) is 0 Å². The molecule has 0 spiro atoms. The number of nitrogens with zero attached hydrogens (tertiary/aromatic N) is 3. The van der Waals surface area contributed by atoms with Crippen LogP contribution < -0.4 is 5.32 Å². The first-order chi connectivity index (χ1) is 5.81. The topological polar surface area (TPSA) is 42.2 Å². The molecule has 64 valence electrons. The van der Waals surface area contributed by atoms with E-state index in [-0.39, 0.29) is 5.62 Å². The predicted octanol–water partition coefficient (Wildman–Crippen LogP) is 1.53. The minimum absolute atomic E-state index is 0.324. The molecule has 2 rings (SSSR count). The van der Waals surface area contributed by atoms with Gasteiger partial charge in [0.05, 0.1) is 6.20 Å². The zero-order valence-corrected chi connectivity index (χ0v) is 7.93. The van der Waals surface area contributed by atoms with Gasteiger partial charge in [-0.25, -0.2) is 9.67 Å². The van der Waals surface area contributed by atoms with Crippen LogP contribution in [-0.2, 0) is 0 Å². The third-order valence-electron chi connectivity index (χ3n) is 1.52. The first-order valence-corrected chi connectivity index (χ1v) is 5.04. The van der Waals surface area contributed by atoms with E-state index < -0.39 is 0 Å². The first kappa shape index (κ1) is 7.94. The summed E-state index contributed by atoms with van der Waals surface area (Å²) in [6.45, 7) is 0. The molecule has 0 saturated heterocycles. The molecule has 6 heteroatoms. The minimum Gasteiger partial charge on any atom is -0.330 e. The van der Waals surface area contributed by atoms with Crippen LogP contribution in [0.4, 0.5) is 5.82 Å². The van der Waals surface area contributed by atoms with E-state index in [2.05, 4.69) is 15.4 Å². The molecule has 4 nitrogen and oxygen atoms in total. The number of alkyl halides is 1. The number of halogens is 1. The van der Waals surface area contributed by atoms with Crippen molar-refractivity contribution >= 4 is 34.3 Å². The van der Waals surface area contributed by atoms with Gasteiger partial charge in [-0.3, -0.25) is 0 Å². The Morgan fingerprint density at radius 3 is 3.33 bits per heavy atom. The van der Waals surface area contributed by atoms with Crippen LogP contribution in [0.25, 0.3) is 0 Å². The highest BCUT2D eigenvalue weighted by Crippen LogP contribution is 2.24. The van der Waals surface area contributed by atoms with Gasteiger partial charge in [-0.15, -0.1) is 0 Å². The van der Waals surface area contributed by atoms with Gasteiger partial charge in [-0.2, -0.15) is 5.10 Å². The van der Waals surface area contributed by atoms with Gasteiger partial charge in [0, 0.05) is 6.07 Å². The Labute approximate surface area is 79.0 Å². The summed E-state index contributed by atoms with van der Waals surface area (Å²) in [5.74, 6) is 0.790. The number of hydrogen-bond donors (Lipinski definition) is 1. The highest BCUT2D eigenvalue weighted by molar-refractivity contribution is 8.13. The SMILES string of the molecule is CSC1=Nc2ccnn2C(Cl)N1. The van der Waals surface area contributed by atoms with Crippen LogP contribution in [0.2, 0.25) is 0 Å². The molecule has 2 heterocycles. The predicted molar refractivity (Wildman–Crippen MR) is 50.9 cm³/mol. The Balaban J connectivity index is 2.42. The lowest BCUT2D eigenvalue weighted by molar-refractivity contribution is 0.557. The second-order valence-electron chi connectivity index (χ2n) is 2.24. The van der Waals surface area contributed by atoms with E-state index in [0.717, 1.165) is 11.0 Å². The molecule has 1 N–H and O–H groups in total. The van der Waals surface area contributed by atoms with E-state index in [1.807, 2.05) is 12.3 Å². The van der Waals surface area contributed by atoms with Crippen molar-refractivity contribution in [3.05, 3.63) is 12.3 Å². The summed E-state index contributed by atoms with van der Waals surface area (Å²) < 4.78 is 1.63. The molecule has 0 bridgehead atoms. The van der Waals surface area contributed by atoms with Crippen LogP contribution in [0.5, 0.6) is 0 Å². The van der Waals surface area contributed by atoms with Crippen LogP contribution in [0.15, 0.2) is 17.3 Å². The van der Waals surface area contributed by atoms with Crippen LogP contribution in [0.1, 0.15) is 5.62 Å². The lowest BCUT2D eigenvalue weighted by Crippen LogP contribution is -2.30. The summed E-state index contributed by atoms with van der Waals surface area (Å²) in [6, 6.07) is 1.83. The molecule has 1 atom stereocenters. The molecule has 1 aliphatic rings. The van der Waals surface area contributed by atoms with Crippen LogP contribution in [0, 0.1) is 0 Å². The standard InChI is InChI=1S/C6H7ClN4S/c1-12-6-9-4-2-3-8-11(4)5(7)10-6/h2-3,5H,1H3,(H,9,10). The number of nitrogens with one attached hydrogen (secondary N) is 1. The third kappa shape index (κ3) is 1.19. The van der Waals surface area contributed by atoms with Crippen LogP contribution in [0.3, 0.4) is 0 Å². The minimum atomic E-state index is -0.324. The van der Waals surface area contributed by atoms with Crippen molar-refractivity contribution < 1.29 is 0 Å². The summed E-state index contributed by atoms with van der Waals surface area (Å²) in [4.78, 5) is 4.26. The smallest absolute Gasteiger partial charge is 0.201 e. The Morgan fingerprint density at radius 1 is 1.75 bits per heavy atom. The van der Waals surface area contributed by atoms with Gasteiger partial charge >= 0.3 is 0 Å². The second kappa shape index (κ2) is 2.99. The third-order valence-corrected chi connectivity index (χ3v) is 2.41. The Kier molecular flexibility index (Phi) is 1.98. The van der Waals surface area contributed by atoms with E-state index in [4.69, 9.17) is 11.6 Å². The van der Waals surface area contributed by atoms with Gasteiger partial charge in [0.15, 0.2) is 11.0 Å². The Hall–Kier alpha value is -0.680. The maximum atomic E-state index is 5.96. The molecule has 0 aliphatic carbocycles. The van der Waals surface area contributed by atoms with Crippen molar-refractivity contribution in [3.63, 3.8) is 0 Å². The van der Waals surface area contributed by atoms with Crippen molar-refractivity contribution in [1.82, 2.24) is 15.1 Å². The lowest BCUT2D eigenvalue weighted by Gasteiger charge is -2.19. The summed E-state index contributed by atoms with van der Waals surface area (Å²) >= 11 is 7.49. The van der Waals surface area contributed by atoms with E-state index in [1.165, 1.54) is 11.8 Å². The van der Waals surface area contributed by atoms with Crippen LogP contribution >= 0.6 is 23.4 Å². The molecule has 0 fully saturated rings. The van der Waals surface area contributed by atoms with Crippen molar-refractivity contribution in [2.24, 2.45) is 4.99 Å². The number of rotatable bonds is 0. The summed E-state index contributed by atoms with van der Waals surface area (Å²) in [6.07, 6.45) is 3.63. The van der Waals surface area contributed by atoms with Gasteiger partial charge in [-0.1, -0.05) is 23.4 Å². The fraction of sp³-hybridized carbons (Fsp3) is 0.333. The molecule has 12 heavy (non-hydrogen) atoms. The highest BCUT2D eigenvalue weighted by Gasteiger charge is 2.18. The molecular formula is C6H7ClN4S. The molecule has 1 aromatic heterocycles.